The molecule has 1 aromatic carbocycles. The predicted molar refractivity (Wildman–Crippen MR) is 62.0 cm³/mol. The van der Waals surface area contributed by atoms with Crippen LogP contribution in [0.1, 0.15) is 24.5 Å². The molecule has 0 saturated carbocycles. The second-order valence-electron chi connectivity index (χ2n) is 4.11. The first-order valence-electron chi connectivity index (χ1n) is 5.41. The van der Waals surface area contributed by atoms with Crippen molar-refractivity contribution in [1.29, 1.82) is 0 Å². The van der Waals surface area contributed by atoms with Crippen molar-refractivity contribution in [3.63, 3.8) is 0 Å². The average molecular weight is 226 g/mol. The van der Waals surface area contributed by atoms with E-state index in [1.807, 2.05) is 24.3 Å². The van der Waals surface area contributed by atoms with Gasteiger partial charge in [0.2, 0.25) is 0 Å². The molecule has 1 aromatic rings. The highest BCUT2D eigenvalue weighted by atomic mass is 35.5. The fourth-order valence-electron chi connectivity index (χ4n) is 2.11. The molecule has 1 saturated heterocycles. The summed E-state index contributed by atoms with van der Waals surface area (Å²) >= 11 is 5.90. The van der Waals surface area contributed by atoms with E-state index in [2.05, 4.69) is 5.32 Å². The van der Waals surface area contributed by atoms with Crippen LogP contribution in [0.5, 0.6) is 0 Å². The first-order chi connectivity index (χ1) is 7.27. The van der Waals surface area contributed by atoms with Crippen molar-refractivity contribution in [2.45, 2.75) is 18.9 Å². The van der Waals surface area contributed by atoms with Gasteiger partial charge in [-0.25, -0.2) is 0 Å². The van der Waals surface area contributed by atoms with Gasteiger partial charge < -0.3 is 10.4 Å². The Labute approximate surface area is 95.3 Å². The molecule has 3 heteroatoms. The minimum Gasteiger partial charge on any atom is -0.388 e. The van der Waals surface area contributed by atoms with Gasteiger partial charge in [0, 0.05) is 17.5 Å². The van der Waals surface area contributed by atoms with E-state index in [4.69, 9.17) is 11.6 Å². The third-order valence-corrected chi connectivity index (χ3v) is 3.21. The summed E-state index contributed by atoms with van der Waals surface area (Å²) in [5, 5.41) is 14.2. The summed E-state index contributed by atoms with van der Waals surface area (Å²) in [4.78, 5) is 0. The van der Waals surface area contributed by atoms with E-state index < -0.39 is 6.10 Å². The van der Waals surface area contributed by atoms with E-state index in [1.54, 1.807) is 0 Å². The Morgan fingerprint density at radius 1 is 1.47 bits per heavy atom. The maximum absolute atomic E-state index is 10.2. The van der Waals surface area contributed by atoms with Crippen molar-refractivity contribution in [2.75, 3.05) is 13.1 Å². The highest BCUT2D eigenvalue weighted by Gasteiger charge is 2.22. The van der Waals surface area contributed by atoms with Crippen LogP contribution in [0.3, 0.4) is 0 Å². The number of hydrogen-bond acceptors (Lipinski definition) is 2. The number of aliphatic hydroxyl groups excluding tert-OH is 1. The molecule has 0 radical (unpaired) electrons. The maximum Gasteiger partial charge on any atom is 0.0830 e. The smallest absolute Gasteiger partial charge is 0.0830 e. The molecule has 0 unspecified atom stereocenters. The molecule has 0 aliphatic carbocycles. The molecular weight excluding hydrogens is 210 g/mol. The molecule has 1 heterocycles. The molecule has 2 nitrogen and oxygen atoms in total. The Bertz CT molecular complexity index is 323. The Hall–Kier alpha value is -0.570. The van der Waals surface area contributed by atoms with Crippen molar-refractivity contribution in [2.24, 2.45) is 5.92 Å². The van der Waals surface area contributed by atoms with Crippen LogP contribution >= 0.6 is 11.6 Å². The second-order valence-corrected chi connectivity index (χ2v) is 4.54. The molecule has 1 aliphatic rings. The molecule has 0 bridgehead atoms. The summed E-state index contributed by atoms with van der Waals surface area (Å²) in [5.74, 6) is 0.317. The van der Waals surface area contributed by atoms with Gasteiger partial charge in [0.1, 0.15) is 0 Å². The summed E-state index contributed by atoms with van der Waals surface area (Å²) in [6, 6.07) is 7.50. The van der Waals surface area contributed by atoms with Gasteiger partial charge in [-0.05, 0) is 37.1 Å². The van der Waals surface area contributed by atoms with Gasteiger partial charge in [-0.2, -0.15) is 0 Å². The largest absolute Gasteiger partial charge is 0.388 e. The van der Waals surface area contributed by atoms with E-state index >= 15 is 0 Å². The zero-order valence-corrected chi connectivity index (χ0v) is 9.37. The summed E-state index contributed by atoms with van der Waals surface area (Å²) in [6.07, 6.45) is 1.83. The molecule has 15 heavy (non-hydrogen) atoms. The normalized spacial score (nSPS) is 23.7. The summed E-state index contributed by atoms with van der Waals surface area (Å²) in [5.41, 5.74) is 0.927. The van der Waals surface area contributed by atoms with Gasteiger partial charge in [0.05, 0.1) is 6.10 Å². The molecule has 2 atom stereocenters. The minimum absolute atomic E-state index is 0.317. The lowest BCUT2D eigenvalue weighted by atomic mass is 9.89. The van der Waals surface area contributed by atoms with Crippen LogP contribution in [0.2, 0.25) is 5.02 Å². The van der Waals surface area contributed by atoms with Gasteiger partial charge in [-0.1, -0.05) is 23.7 Å². The number of hydrogen-bond donors (Lipinski definition) is 2. The van der Waals surface area contributed by atoms with Crippen LogP contribution < -0.4 is 5.32 Å². The van der Waals surface area contributed by atoms with Crippen molar-refractivity contribution >= 4 is 11.6 Å². The zero-order chi connectivity index (χ0) is 10.7. The van der Waals surface area contributed by atoms with E-state index in [0.29, 0.717) is 10.9 Å². The molecule has 1 aliphatic heterocycles. The van der Waals surface area contributed by atoms with Crippen molar-refractivity contribution in [3.05, 3.63) is 34.9 Å². The monoisotopic (exact) mass is 225 g/mol. The number of benzene rings is 1. The summed E-state index contributed by atoms with van der Waals surface area (Å²) in [6.45, 7) is 1.96. The van der Waals surface area contributed by atoms with Gasteiger partial charge in [-0.3, -0.25) is 0 Å². The van der Waals surface area contributed by atoms with Crippen LogP contribution in [0.15, 0.2) is 24.3 Å². The topological polar surface area (TPSA) is 32.3 Å². The number of rotatable bonds is 2. The lowest BCUT2D eigenvalue weighted by Gasteiger charge is -2.27. The Morgan fingerprint density at radius 2 is 2.33 bits per heavy atom. The number of halogens is 1. The van der Waals surface area contributed by atoms with Crippen molar-refractivity contribution in [3.8, 4) is 0 Å². The van der Waals surface area contributed by atoms with Gasteiger partial charge in [0.25, 0.3) is 0 Å². The highest BCUT2D eigenvalue weighted by molar-refractivity contribution is 6.30. The van der Waals surface area contributed by atoms with Gasteiger partial charge >= 0.3 is 0 Å². The van der Waals surface area contributed by atoms with Gasteiger partial charge in [-0.15, -0.1) is 0 Å². The van der Waals surface area contributed by atoms with E-state index in [9.17, 15) is 5.11 Å². The van der Waals surface area contributed by atoms with E-state index in [-0.39, 0.29) is 0 Å². The fraction of sp³-hybridized carbons (Fsp3) is 0.500. The van der Waals surface area contributed by atoms with Crippen LogP contribution in [-0.2, 0) is 0 Å². The molecule has 2 N–H and O–H groups in total. The second kappa shape index (κ2) is 4.97. The molecule has 82 valence electrons. The van der Waals surface area contributed by atoms with Crippen molar-refractivity contribution < 1.29 is 5.11 Å². The van der Waals surface area contributed by atoms with Crippen LogP contribution in [0.4, 0.5) is 0 Å². The predicted octanol–water partition coefficient (Wildman–Crippen LogP) is 2.37. The zero-order valence-electron chi connectivity index (χ0n) is 8.62. The van der Waals surface area contributed by atoms with Gasteiger partial charge in [0.15, 0.2) is 0 Å². The minimum atomic E-state index is -0.392. The molecule has 0 aromatic heterocycles. The fourth-order valence-corrected chi connectivity index (χ4v) is 2.31. The lowest BCUT2D eigenvalue weighted by Crippen LogP contribution is -2.33. The Balaban J connectivity index is 2.08. The summed E-state index contributed by atoms with van der Waals surface area (Å²) < 4.78 is 0. The summed E-state index contributed by atoms with van der Waals surface area (Å²) in [7, 11) is 0. The van der Waals surface area contributed by atoms with E-state index in [1.165, 1.54) is 0 Å². The Morgan fingerprint density at radius 3 is 3.00 bits per heavy atom. The SMILES string of the molecule is O[C@H](c1cccc(Cl)c1)[C@H]1CCCNC1. The third kappa shape index (κ3) is 2.71. The first-order valence-corrected chi connectivity index (χ1v) is 5.79. The Kier molecular flexibility index (Phi) is 3.62. The molecule has 2 rings (SSSR count). The standard InChI is InChI=1S/C12H16ClNO/c13-11-5-1-3-9(7-11)12(15)10-4-2-6-14-8-10/h1,3,5,7,10,12,14-15H,2,4,6,8H2/t10-,12+/m0/s1. The van der Waals surface area contributed by atoms with Crippen LogP contribution in [-0.4, -0.2) is 18.2 Å². The quantitative estimate of drug-likeness (QED) is 0.810. The number of piperidine rings is 1. The molecule has 0 spiro atoms. The first kappa shape index (κ1) is 10.9. The highest BCUT2D eigenvalue weighted by Crippen LogP contribution is 2.28. The maximum atomic E-state index is 10.2. The van der Waals surface area contributed by atoms with Crippen LogP contribution in [0.25, 0.3) is 0 Å². The van der Waals surface area contributed by atoms with Crippen LogP contribution in [0, 0.1) is 5.92 Å². The number of nitrogens with one attached hydrogen (secondary N) is 1. The molecular formula is C12H16ClNO. The molecule has 1 fully saturated rings. The average Bonchev–Trinajstić information content (AvgIpc) is 2.29. The molecule has 0 amide bonds. The van der Waals surface area contributed by atoms with E-state index in [0.717, 1.165) is 31.5 Å². The van der Waals surface area contributed by atoms with Crippen molar-refractivity contribution in [1.82, 2.24) is 5.32 Å². The number of aliphatic hydroxyl groups is 1. The lowest BCUT2D eigenvalue weighted by molar-refractivity contribution is 0.0922. The third-order valence-electron chi connectivity index (χ3n) is 2.97.